The summed E-state index contributed by atoms with van der Waals surface area (Å²) in [6.07, 6.45) is 1.91. The van der Waals surface area contributed by atoms with Gasteiger partial charge in [0.2, 0.25) is 0 Å². The van der Waals surface area contributed by atoms with E-state index in [-0.39, 0.29) is 6.10 Å². The molecule has 1 rings (SSSR count). The third kappa shape index (κ3) is 2.82. The van der Waals surface area contributed by atoms with Crippen LogP contribution >= 0.6 is 0 Å². The van der Waals surface area contributed by atoms with Crippen molar-refractivity contribution in [1.82, 2.24) is 0 Å². The summed E-state index contributed by atoms with van der Waals surface area (Å²) in [6, 6.07) is 6.29. The molecule has 2 heteroatoms. The van der Waals surface area contributed by atoms with Crippen LogP contribution in [-0.4, -0.2) is 6.47 Å². The zero-order valence-electron chi connectivity index (χ0n) is 9.62. The van der Waals surface area contributed by atoms with E-state index in [0.717, 1.165) is 18.4 Å². The molecule has 1 unspecified atom stereocenters. The molecule has 15 heavy (non-hydrogen) atoms. The highest BCUT2D eigenvalue weighted by atomic mass is 16.5. The lowest BCUT2D eigenvalue weighted by molar-refractivity contribution is -0.133. The van der Waals surface area contributed by atoms with Gasteiger partial charge >= 0.3 is 0 Å². The molecule has 0 aliphatic rings. The van der Waals surface area contributed by atoms with E-state index in [1.807, 2.05) is 13.0 Å². The third-order valence-electron chi connectivity index (χ3n) is 2.72. The van der Waals surface area contributed by atoms with Gasteiger partial charge in [0, 0.05) is 0 Å². The Labute approximate surface area is 91.3 Å². The van der Waals surface area contributed by atoms with Gasteiger partial charge in [-0.15, -0.1) is 0 Å². The number of carbonyl (C=O) groups excluding carboxylic acids is 1. The summed E-state index contributed by atoms with van der Waals surface area (Å²) in [5.41, 5.74) is 3.78. The molecule has 0 radical (unpaired) electrons. The highest BCUT2D eigenvalue weighted by molar-refractivity contribution is 5.39. The average molecular weight is 206 g/mol. The van der Waals surface area contributed by atoms with Crippen LogP contribution < -0.4 is 0 Å². The molecule has 2 nitrogen and oxygen atoms in total. The highest BCUT2D eigenvalue weighted by Crippen LogP contribution is 2.20. The summed E-state index contributed by atoms with van der Waals surface area (Å²) in [7, 11) is 0. The van der Waals surface area contributed by atoms with Gasteiger partial charge in [0.1, 0.15) is 6.10 Å². The van der Waals surface area contributed by atoms with Gasteiger partial charge in [0.05, 0.1) is 0 Å². The Balaban J connectivity index is 2.96. The molecule has 0 aliphatic heterocycles. The fraction of sp³-hybridized carbons (Fsp3) is 0.462. The van der Waals surface area contributed by atoms with Gasteiger partial charge in [-0.05, 0) is 36.5 Å². The van der Waals surface area contributed by atoms with Crippen molar-refractivity contribution in [2.45, 2.75) is 39.7 Å². The first kappa shape index (κ1) is 11.8. The van der Waals surface area contributed by atoms with Crippen LogP contribution in [0.15, 0.2) is 18.2 Å². The second-order valence-electron chi connectivity index (χ2n) is 3.61. The van der Waals surface area contributed by atoms with E-state index in [1.165, 1.54) is 11.1 Å². The summed E-state index contributed by atoms with van der Waals surface area (Å²) in [6.45, 7) is 6.68. The quantitative estimate of drug-likeness (QED) is 0.692. The second kappa shape index (κ2) is 5.54. The van der Waals surface area contributed by atoms with Crippen LogP contribution in [-0.2, 0) is 22.4 Å². The molecule has 1 atom stereocenters. The number of ether oxygens (including phenoxy) is 1. The Kier molecular flexibility index (Phi) is 4.35. The first-order valence-corrected chi connectivity index (χ1v) is 5.43. The molecule has 0 saturated carbocycles. The molecule has 0 heterocycles. The minimum Gasteiger partial charge on any atom is -0.460 e. The summed E-state index contributed by atoms with van der Waals surface area (Å²) in [5, 5.41) is 0. The molecular weight excluding hydrogens is 188 g/mol. The molecule has 0 N–H and O–H groups in total. The Morgan fingerprint density at radius 1 is 1.27 bits per heavy atom. The van der Waals surface area contributed by atoms with Crippen LogP contribution in [0.5, 0.6) is 0 Å². The third-order valence-corrected chi connectivity index (χ3v) is 2.72. The van der Waals surface area contributed by atoms with E-state index in [9.17, 15) is 4.79 Å². The largest absolute Gasteiger partial charge is 0.460 e. The molecule has 0 saturated heterocycles. The van der Waals surface area contributed by atoms with Crippen molar-refractivity contribution in [1.29, 1.82) is 0 Å². The minimum absolute atomic E-state index is 0.154. The van der Waals surface area contributed by atoms with E-state index in [4.69, 9.17) is 4.74 Å². The topological polar surface area (TPSA) is 26.3 Å². The van der Waals surface area contributed by atoms with Crippen LogP contribution in [0.4, 0.5) is 0 Å². The molecule has 0 spiro atoms. The van der Waals surface area contributed by atoms with Crippen molar-refractivity contribution in [3.05, 3.63) is 34.9 Å². The number of benzene rings is 1. The van der Waals surface area contributed by atoms with E-state index < -0.39 is 0 Å². The van der Waals surface area contributed by atoms with Crippen LogP contribution in [0.3, 0.4) is 0 Å². The molecule has 82 valence electrons. The smallest absolute Gasteiger partial charge is 0.293 e. The fourth-order valence-electron chi connectivity index (χ4n) is 1.73. The Bertz CT molecular complexity index is 331. The SMILES string of the molecule is CCc1ccc(C(C)OC=O)cc1CC. The molecule has 0 bridgehead atoms. The monoisotopic (exact) mass is 206 g/mol. The summed E-state index contributed by atoms with van der Waals surface area (Å²) in [4.78, 5) is 10.2. The van der Waals surface area contributed by atoms with Crippen LogP contribution in [0.25, 0.3) is 0 Å². The highest BCUT2D eigenvalue weighted by Gasteiger charge is 2.07. The van der Waals surface area contributed by atoms with E-state index in [1.54, 1.807) is 0 Å². The lowest BCUT2D eigenvalue weighted by atomic mass is 9.98. The van der Waals surface area contributed by atoms with Gasteiger partial charge in [-0.25, -0.2) is 0 Å². The van der Waals surface area contributed by atoms with E-state index >= 15 is 0 Å². The number of hydrogen-bond acceptors (Lipinski definition) is 2. The summed E-state index contributed by atoms with van der Waals surface area (Å²) >= 11 is 0. The van der Waals surface area contributed by atoms with Crippen molar-refractivity contribution < 1.29 is 9.53 Å². The maximum absolute atomic E-state index is 10.2. The number of rotatable bonds is 5. The van der Waals surface area contributed by atoms with Crippen molar-refractivity contribution in [3.8, 4) is 0 Å². The fourth-order valence-corrected chi connectivity index (χ4v) is 1.73. The second-order valence-corrected chi connectivity index (χ2v) is 3.61. The van der Waals surface area contributed by atoms with Crippen molar-refractivity contribution >= 4 is 6.47 Å². The summed E-state index contributed by atoms with van der Waals surface area (Å²) in [5.74, 6) is 0. The van der Waals surface area contributed by atoms with Gasteiger partial charge in [0.25, 0.3) is 6.47 Å². The molecule has 1 aromatic carbocycles. The van der Waals surface area contributed by atoms with Crippen molar-refractivity contribution in [2.75, 3.05) is 0 Å². The molecule has 0 fully saturated rings. The molecular formula is C13H18O2. The molecule has 0 aliphatic carbocycles. The molecule has 1 aromatic rings. The van der Waals surface area contributed by atoms with Gasteiger partial charge in [-0.3, -0.25) is 4.79 Å². The van der Waals surface area contributed by atoms with E-state index in [0.29, 0.717) is 6.47 Å². The molecule has 0 aromatic heterocycles. The molecule has 0 amide bonds. The predicted octanol–water partition coefficient (Wildman–Crippen LogP) is 3.05. The Hall–Kier alpha value is -1.31. The maximum Gasteiger partial charge on any atom is 0.293 e. The number of hydrogen-bond donors (Lipinski definition) is 0. The predicted molar refractivity (Wildman–Crippen MR) is 60.8 cm³/mol. The van der Waals surface area contributed by atoms with E-state index in [2.05, 4.69) is 26.0 Å². The number of carbonyl (C=O) groups is 1. The summed E-state index contributed by atoms with van der Waals surface area (Å²) < 4.78 is 4.92. The van der Waals surface area contributed by atoms with Gasteiger partial charge in [-0.2, -0.15) is 0 Å². The standard InChI is InChI=1S/C13H18O2/c1-4-11-6-7-13(8-12(11)5-2)10(3)15-9-14/h6-10H,4-5H2,1-3H3. The average Bonchev–Trinajstić information content (AvgIpc) is 2.28. The lowest BCUT2D eigenvalue weighted by Crippen LogP contribution is -2.00. The normalized spacial score (nSPS) is 12.2. The minimum atomic E-state index is -0.154. The van der Waals surface area contributed by atoms with Crippen LogP contribution in [0.2, 0.25) is 0 Å². The number of aryl methyl sites for hydroxylation is 2. The first-order valence-electron chi connectivity index (χ1n) is 5.43. The lowest BCUT2D eigenvalue weighted by Gasteiger charge is -2.13. The van der Waals surface area contributed by atoms with Gasteiger partial charge < -0.3 is 4.74 Å². The van der Waals surface area contributed by atoms with Crippen LogP contribution in [0, 0.1) is 0 Å². The maximum atomic E-state index is 10.2. The Morgan fingerprint density at radius 3 is 2.47 bits per heavy atom. The zero-order chi connectivity index (χ0) is 11.3. The zero-order valence-corrected chi connectivity index (χ0v) is 9.62. The van der Waals surface area contributed by atoms with Crippen molar-refractivity contribution in [2.24, 2.45) is 0 Å². The Morgan fingerprint density at radius 2 is 1.93 bits per heavy atom. The first-order chi connectivity index (χ1) is 7.22. The van der Waals surface area contributed by atoms with Crippen LogP contribution in [0.1, 0.15) is 43.6 Å². The van der Waals surface area contributed by atoms with Crippen molar-refractivity contribution in [3.63, 3.8) is 0 Å². The van der Waals surface area contributed by atoms with Gasteiger partial charge in [-0.1, -0.05) is 32.0 Å². The van der Waals surface area contributed by atoms with Gasteiger partial charge in [0.15, 0.2) is 0 Å².